The second kappa shape index (κ2) is 7.41. The van der Waals surface area contributed by atoms with Crippen molar-refractivity contribution in [3.63, 3.8) is 0 Å². The summed E-state index contributed by atoms with van der Waals surface area (Å²) < 4.78 is 24.4. The summed E-state index contributed by atoms with van der Waals surface area (Å²) in [5, 5.41) is 13.3. The molecule has 1 aromatic carbocycles. The fraction of sp³-hybridized carbons (Fsp3) is 0.357. The van der Waals surface area contributed by atoms with Crippen LogP contribution in [0.5, 0.6) is 0 Å². The third kappa shape index (κ3) is 4.77. The second-order valence-corrected chi connectivity index (χ2v) is 7.29. The standard InChI is InChI=1S/C14H17N3O6S/c18-12(9-17-6-1-7-24(17,22)23)16-11-4-2-10(3-5-11)14(21)15-8-13(19)20/h2-5H,1,6-9H2,(H,15,21)(H,16,18)(H,19,20). The highest BCUT2D eigenvalue weighted by Crippen LogP contribution is 2.14. The molecule has 9 nitrogen and oxygen atoms in total. The molecule has 0 bridgehead atoms. The molecule has 10 heteroatoms. The largest absolute Gasteiger partial charge is 0.480 e. The number of anilines is 1. The molecule has 1 heterocycles. The maximum Gasteiger partial charge on any atom is 0.322 e. The Bertz CT molecular complexity index is 744. The molecule has 0 spiro atoms. The molecule has 0 aromatic heterocycles. The summed E-state index contributed by atoms with van der Waals surface area (Å²) in [6.45, 7) is -0.400. The summed E-state index contributed by atoms with van der Waals surface area (Å²) in [7, 11) is -3.33. The van der Waals surface area contributed by atoms with Gasteiger partial charge in [0.25, 0.3) is 5.91 Å². The second-order valence-electron chi connectivity index (χ2n) is 5.21. The van der Waals surface area contributed by atoms with E-state index in [0.717, 1.165) is 4.31 Å². The average molecular weight is 355 g/mol. The van der Waals surface area contributed by atoms with Gasteiger partial charge in [-0.25, -0.2) is 8.42 Å². The van der Waals surface area contributed by atoms with Crippen LogP contribution in [0.25, 0.3) is 0 Å². The number of carboxylic acid groups (broad SMARTS) is 1. The van der Waals surface area contributed by atoms with Gasteiger partial charge in [-0.1, -0.05) is 0 Å². The lowest BCUT2D eigenvalue weighted by atomic mass is 10.2. The highest BCUT2D eigenvalue weighted by molar-refractivity contribution is 7.89. The van der Waals surface area contributed by atoms with Gasteiger partial charge in [0.1, 0.15) is 6.54 Å². The zero-order chi connectivity index (χ0) is 17.7. The summed E-state index contributed by atoms with van der Waals surface area (Å²) >= 11 is 0. The average Bonchev–Trinajstić information content (AvgIpc) is 2.84. The molecule has 1 aromatic rings. The number of aliphatic carboxylic acids is 1. The predicted octanol–water partition coefficient (Wildman–Crippen LogP) is -0.525. The van der Waals surface area contributed by atoms with Gasteiger partial charge in [-0.05, 0) is 30.7 Å². The minimum Gasteiger partial charge on any atom is -0.480 e. The normalized spacial score (nSPS) is 16.5. The van der Waals surface area contributed by atoms with Crippen molar-refractivity contribution in [3.05, 3.63) is 29.8 Å². The Morgan fingerprint density at radius 2 is 1.83 bits per heavy atom. The van der Waals surface area contributed by atoms with E-state index in [-0.39, 0.29) is 17.9 Å². The minimum atomic E-state index is -3.33. The van der Waals surface area contributed by atoms with Gasteiger partial charge in [-0.3, -0.25) is 14.4 Å². The number of sulfonamides is 1. The van der Waals surface area contributed by atoms with Gasteiger partial charge >= 0.3 is 5.97 Å². The summed E-state index contributed by atoms with van der Waals surface area (Å²) in [6.07, 6.45) is 0.510. The molecule has 2 rings (SSSR count). The zero-order valence-corrected chi connectivity index (χ0v) is 13.5. The molecule has 2 amide bonds. The lowest BCUT2D eigenvalue weighted by molar-refractivity contribution is -0.135. The molecule has 1 fully saturated rings. The van der Waals surface area contributed by atoms with E-state index in [1.54, 1.807) is 0 Å². The van der Waals surface area contributed by atoms with Crippen molar-refractivity contribution >= 4 is 33.5 Å². The topological polar surface area (TPSA) is 133 Å². The Labute approximate surface area is 138 Å². The van der Waals surface area contributed by atoms with Crippen LogP contribution in [0.1, 0.15) is 16.8 Å². The number of carboxylic acids is 1. The molecular weight excluding hydrogens is 338 g/mol. The van der Waals surface area contributed by atoms with E-state index in [4.69, 9.17) is 5.11 Å². The number of hydrogen-bond acceptors (Lipinski definition) is 5. The molecule has 0 radical (unpaired) electrons. The Kier molecular flexibility index (Phi) is 5.52. The first kappa shape index (κ1) is 17.9. The summed E-state index contributed by atoms with van der Waals surface area (Å²) in [4.78, 5) is 33.9. The molecule has 0 unspecified atom stereocenters. The fourth-order valence-electron chi connectivity index (χ4n) is 2.19. The van der Waals surface area contributed by atoms with Gasteiger partial charge in [0.2, 0.25) is 15.9 Å². The van der Waals surface area contributed by atoms with E-state index in [9.17, 15) is 22.8 Å². The SMILES string of the molecule is O=C(O)CNC(=O)c1ccc(NC(=O)CN2CCCS2(=O)=O)cc1. The van der Waals surface area contributed by atoms with Crippen LogP contribution in [0, 0.1) is 0 Å². The van der Waals surface area contributed by atoms with Crippen LogP contribution < -0.4 is 10.6 Å². The quantitative estimate of drug-likeness (QED) is 0.628. The monoisotopic (exact) mass is 355 g/mol. The summed E-state index contributed by atoms with van der Waals surface area (Å²) in [5.74, 6) is -2.11. The van der Waals surface area contributed by atoms with E-state index in [1.807, 2.05) is 0 Å². The number of hydrogen-bond donors (Lipinski definition) is 3. The Morgan fingerprint density at radius 1 is 1.17 bits per heavy atom. The van der Waals surface area contributed by atoms with Crippen LogP contribution in [-0.4, -0.2) is 61.0 Å². The van der Waals surface area contributed by atoms with Crippen molar-refractivity contribution in [3.8, 4) is 0 Å². The fourth-order valence-corrected chi connectivity index (χ4v) is 3.67. The van der Waals surface area contributed by atoms with Crippen molar-refractivity contribution in [1.29, 1.82) is 0 Å². The minimum absolute atomic E-state index is 0.0560. The molecular formula is C14H17N3O6S. The maximum absolute atomic E-state index is 11.9. The summed E-state index contributed by atoms with van der Waals surface area (Å²) in [5.41, 5.74) is 0.655. The van der Waals surface area contributed by atoms with Gasteiger partial charge in [-0.15, -0.1) is 0 Å². The van der Waals surface area contributed by atoms with Crippen LogP contribution in [-0.2, 0) is 19.6 Å². The number of carbonyl (C=O) groups excluding carboxylic acids is 2. The van der Waals surface area contributed by atoms with Crippen molar-refractivity contribution in [1.82, 2.24) is 9.62 Å². The Morgan fingerprint density at radius 3 is 2.38 bits per heavy atom. The molecule has 1 aliphatic heterocycles. The Balaban J connectivity index is 1.90. The van der Waals surface area contributed by atoms with Crippen molar-refractivity contribution in [2.45, 2.75) is 6.42 Å². The molecule has 1 aliphatic rings. The van der Waals surface area contributed by atoms with Gasteiger partial charge < -0.3 is 15.7 Å². The van der Waals surface area contributed by atoms with Crippen LogP contribution in [0.15, 0.2) is 24.3 Å². The van der Waals surface area contributed by atoms with E-state index in [0.29, 0.717) is 18.7 Å². The van der Waals surface area contributed by atoms with Gasteiger partial charge in [0.05, 0.1) is 12.3 Å². The number of rotatable bonds is 6. The third-order valence-electron chi connectivity index (χ3n) is 3.35. The highest BCUT2D eigenvalue weighted by Gasteiger charge is 2.29. The van der Waals surface area contributed by atoms with E-state index < -0.39 is 34.4 Å². The van der Waals surface area contributed by atoms with Crippen molar-refractivity contribution in [2.75, 3.05) is 30.7 Å². The van der Waals surface area contributed by atoms with E-state index in [1.165, 1.54) is 24.3 Å². The zero-order valence-electron chi connectivity index (χ0n) is 12.7. The molecule has 0 aliphatic carbocycles. The molecule has 24 heavy (non-hydrogen) atoms. The van der Waals surface area contributed by atoms with Gasteiger partial charge in [-0.2, -0.15) is 4.31 Å². The number of amides is 2. The number of nitrogens with one attached hydrogen (secondary N) is 2. The van der Waals surface area contributed by atoms with E-state index in [2.05, 4.69) is 10.6 Å². The lowest BCUT2D eigenvalue weighted by Gasteiger charge is -2.14. The molecule has 1 saturated heterocycles. The van der Waals surface area contributed by atoms with Crippen molar-refractivity contribution < 1.29 is 27.9 Å². The molecule has 0 saturated carbocycles. The smallest absolute Gasteiger partial charge is 0.322 e. The third-order valence-corrected chi connectivity index (χ3v) is 5.26. The molecule has 130 valence electrons. The van der Waals surface area contributed by atoms with Crippen LogP contribution >= 0.6 is 0 Å². The molecule has 3 N–H and O–H groups in total. The molecule has 0 atom stereocenters. The van der Waals surface area contributed by atoms with E-state index >= 15 is 0 Å². The highest BCUT2D eigenvalue weighted by atomic mass is 32.2. The first-order valence-corrected chi connectivity index (χ1v) is 8.76. The first-order chi connectivity index (χ1) is 11.3. The van der Waals surface area contributed by atoms with Crippen LogP contribution in [0.3, 0.4) is 0 Å². The first-order valence-electron chi connectivity index (χ1n) is 7.16. The van der Waals surface area contributed by atoms with Crippen LogP contribution in [0.2, 0.25) is 0 Å². The Hall–Kier alpha value is -2.46. The van der Waals surface area contributed by atoms with Gasteiger partial charge in [0.15, 0.2) is 0 Å². The van der Waals surface area contributed by atoms with Crippen LogP contribution in [0.4, 0.5) is 5.69 Å². The van der Waals surface area contributed by atoms with Crippen molar-refractivity contribution in [2.24, 2.45) is 0 Å². The van der Waals surface area contributed by atoms with Gasteiger partial charge in [0, 0.05) is 17.8 Å². The summed E-state index contributed by atoms with van der Waals surface area (Å²) in [6, 6.07) is 5.82. The lowest BCUT2D eigenvalue weighted by Crippen LogP contribution is -2.34. The maximum atomic E-state index is 11.9. The number of nitrogens with zero attached hydrogens (tertiary/aromatic N) is 1. The number of carbonyl (C=O) groups is 3. The number of benzene rings is 1. The predicted molar refractivity (Wildman–Crippen MR) is 85.0 cm³/mol.